The lowest BCUT2D eigenvalue weighted by Gasteiger charge is -2.12. The van der Waals surface area contributed by atoms with Crippen LogP contribution in [0.3, 0.4) is 0 Å². The van der Waals surface area contributed by atoms with Crippen LogP contribution in [0.2, 0.25) is 0 Å². The number of nitrogen functional groups attached to an aromatic ring is 1. The molecular formula is C15H19BrN4. The fraction of sp³-hybridized carbons (Fsp3) is 0.333. The van der Waals surface area contributed by atoms with Gasteiger partial charge < -0.3 is 5.43 Å². The molecule has 0 saturated carbocycles. The summed E-state index contributed by atoms with van der Waals surface area (Å²) >= 11 is 3.58. The number of nitrogens with two attached hydrogens (primary N) is 1. The van der Waals surface area contributed by atoms with E-state index in [1.54, 1.807) is 0 Å². The van der Waals surface area contributed by atoms with Crippen molar-refractivity contribution < 1.29 is 0 Å². The van der Waals surface area contributed by atoms with Crippen LogP contribution in [0.5, 0.6) is 0 Å². The zero-order valence-electron chi connectivity index (χ0n) is 12.2. The van der Waals surface area contributed by atoms with Crippen LogP contribution >= 0.6 is 15.9 Å². The van der Waals surface area contributed by atoms with Gasteiger partial charge in [0.2, 0.25) is 0 Å². The Morgan fingerprint density at radius 3 is 2.20 bits per heavy atom. The third kappa shape index (κ3) is 2.99. The number of rotatable bonds is 3. The molecular weight excluding hydrogens is 316 g/mol. The minimum absolute atomic E-state index is 0.321. The summed E-state index contributed by atoms with van der Waals surface area (Å²) < 4.78 is 1.12. The predicted octanol–water partition coefficient (Wildman–Crippen LogP) is 3.93. The Bertz CT molecular complexity index is 615. The highest BCUT2D eigenvalue weighted by Gasteiger charge is 2.11. The summed E-state index contributed by atoms with van der Waals surface area (Å²) in [5.74, 6) is 7.16. The van der Waals surface area contributed by atoms with Crippen molar-refractivity contribution in [2.75, 3.05) is 5.43 Å². The molecule has 0 radical (unpaired) electrons. The molecule has 1 aromatic carbocycles. The number of nitrogens with zero attached hydrogens (tertiary/aromatic N) is 2. The molecule has 3 N–H and O–H groups in total. The van der Waals surface area contributed by atoms with Gasteiger partial charge in [0.1, 0.15) is 5.82 Å². The molecule has 0 aliphatic rings. The summed E-state index contributed by atoms with van der Waals surface area (Å²) in [6.45, 7) is 8.33. The molecule has 1 aromatic heterocycles. The molecule has 1 heterocycles. The summed E-state index contributed by atoms with van der Waals surface area (Å²) in [6.07, 6.45) is 0. The van der Waals surface area contributed by atoms with Gasteiger partial charge in [-0.15, -0.1) is 0 Å². The molecule has 106 valence electrons. The van der Waals surface area contributed by atoms with Crippen LogP contribution in [0, 0.1) is 13.8 Å². The molecule has 0 aliphatic carbocycles. The van der Waals surface area contributed by atoms with Gasteiger partial charge in [-0.25, -0.2) is 15.8 Å². The zero-order valence-corrected chi connectivity index (χ0v) is 13.7. The molecule has 0 fully saturated rings. The second kappa shape index (κ2) is 5.89. The molecule has 2 rings (SSSR count). The standard InChI is InChI=1S/C15H19BrN4/c1-8(2)12-7-13(20-17)19-15(18-12)11-5-9(3)14(16)10(4)6-11/h5-8H,17H2,1-4H3,(H,18,19,20). The maximum absolute atomic E-state index is 5.50. The fourth-order valence-electron chi connectivity index (χ4n) is 2.04. The highest BCUT2D eigenvalue weighted by Crippen LogP contribution is 2.28. The van der Waals surface area contributed by atoms with E-state index in [9.17, 15) is 0 Å². The number of hydrogen-bond acceptors (Lipinski definition) is 4. The van der Waals surface area contributed by atoms with Crippen molar-refractivity contribution in [1.82, 2.24) is 9.97 Å². The Kier molecular flexibility index (Phi) is 4.40. The molecule has 0 aliphatic heterocycles. The first-order valence-electron chi connectivity index (χ1n) is 6.55. The second-order valence-electron chi connectivity index (χ2n) is 5.22. The lowest BCUT2D eigenvalue weighted by Crippen LogP contribution is -2.11. The Labute approximate surface area is 127 Å². The number of aromatic nitrogens is 2. The lowest BCUT2D eigenvalue weighted by molar-refractivity contribution is 0.817. The molecule has 5 heteroatoms. The van der Waals surface area contributed by atoms with Crippen LogP contribution in [0.25, 0.3) is 11.4 Å². The number of halogens is 1. The minimum Gasteiger partial charge on any atom is -0.308 e. The number of hydrogen-bond donors (Lipinski definition) is 2. The summed E-state index contributed by atoms with van der Waals surface area (Å²) in [4.78, 5) is 9.09. The van der Waals surface area contributed by atoms with Gasteiger partial charge in [-0.2, -0.15) is 0 Å². The summed E-state index contributed by atoms with van der Waals surface area (Å²) in [7, 11) is 0. The molecule has 0 spiro atoms. The SMILES string of the molecule is Cc1cc(-c2nc(NN)cc(C(C)C)n2)cc(C)c1Br. The van der Waals surface area contributed by atoms with E-state index >= 15 is 0 Å². The normalized spacial score (nSPS) is 10.9. The van der Waals surface area contributed by atoms with E-state index in [-0.39, 0.29) is 0 Å². The Morgan fingerprint density at radius 1 is 1.10 bits per heavy atom. The first-order chi connectivity index (χ1) is 9.42. The third-order valence-corrected chi connectivity index (χ3v) is 4.43. The average Bonchev–Trinajstić information content (AvgIpc) is 2.43. The van der Waals surface area contributed by atoms with E-state index in [4.69, 9.17) is 5.84 Å². The predicted molar refractivity (Wildman–Crippen MR) is 86.5 cm³/mol. The van der Waals surface area contributed by atoms with Crippen molar-refractivity contribution in [3.63, 3.8) is 0 Å². The van der Waals surface area contributed by atoms with Crippen molar-refractivity contribution in [3.8, 4) is 11.4 Å². The first kappa shape index (κ1) is 14.9. The van der Waals surface area contributed by atoms with Crippen molar-refractivity contribution in [2.24, 2.45) is 5.84 Å². The Morgan fingerprint density at radius 2 is 1.70 bits per heavy atom. The fourth-order valence-corrected chi connectivity index (χ4v) is 2.27. The van der Waals surface area contributed by atoms with Crippen molar-refractivity contribution in [2.45, 2.75) is 33.6 Å². The molecule has 4 nitrogen and oxygen atoms in total. The van der Waals surface area contributed by atoms with Gasteiger partial charge in [0.25, 0.3) is 0 Å². The number of benzene rings is 1. The smallest absolute Gasteiger partial charge is 0.161 e. The van der Waals surface area contributed by atoms with Gasteiger partial charge in [-0.3, -0.25) is 0 Å². The quantitative estimate of drug-likeness (QED) is 0.659. The molecule has 0 saturated heterocycles. The molecule has 0 atom stereocenters. The number of aryl methyl sites for hydroxylation is 2. The van der Waals surface area contributed by atoms with Gasteiger partial charge in [-0.05, 0) is 43.0 Å². The largest absolute Gasteiger partial charge is 0.308 e. The van der Waals surface area contributed by atoms with E-state index in [0.717, 1.165) is 15.7 Å². The number of hydrazine groups is 1. The van der Waals surface area contributed by atoms with Crippen LogP contribution in [-0.4, -0.2) is 9.97 Å². The molecule has 0 unspecified atom stereocenters. The van der Waals surface area contributed by atoms with Gasteiger partial charge >= 0.3 is 0 Å². The van der Waals surface area contributed by atoms with Crippen LogP contribution in [0.1, 0.15) is 36.6 Å². The maximum atomic E-state index is 5.50. The van der Waals surface area contributed by atoms with E-state index in [0.29, 0.717) is 17.6 Å². The number of anilines is 1. The van der Waals surface area contributed by atoms with Gasteiger partial charge in [0.05, 0.1) is 0 Å². The van der Waals surface area contributed by atoms with Crippen LogP contribution in [0.15, 0.2) is 22.7 Å². The monoisotopic (exact) mass is 334 g/mol. The van der Waals surface area contributed by atoms with E-state index < -0.39 is 0 Å². The van der Waals surface area contributed by atoms with Crippen LogP contribution in [0.4, 0.5) is 5.82 Å². The number of nitrogens with one attached hydrogen (secondary N) is 1. The van der Waals surface area contributed by atoms with Gasteiger partial charge in [-0.1, -0.05) is 29.8 Å². The van der Waals surface area contributed by atoms with Crippen LogP contribution < -0.4 is 11.3 Å². The summed E-state index contributed by atoms with van der Waals surface area (Å²) in [5.41, 5.74) is 6.92. The van der Waals surface area contributed by atoms with E-state index in [1.165, 1.54) is 11.1 Å². The van der Waals surface area contributed by atoms with Crippen molar-refractivity contribution in [3.05, 3.63) is 39.5 Å². The van der Waals surface area contributed by atoms with Crippen LogP contribution in [-0.2, 0) is 0 Å². The lowest BCUT2D eigenvalue weighted by atomic mass is 10.1. The molecule has 2 aromatic rings. The summed E-state index contributed by atoms with van der Waals surface area (Å²) in [6, 6.07) is 6.04. The molecule has 0 bridgehead atoms. The van der Waals surface area contributed by atoms with Crippen molar-refractivity contribution >= 4 is 21.7 Å². The maximum Gasteiger partial charge on any atom is 0.161 e. The topological polar surface area (TPSA) is 63.8 Å². The Hall–Kier alpha value is -1.46. The second-order valence-corrected chi connectivity index (χ2v) is 6.02. The summed E-state index contributed by atoms with van der Waals surface area (Å²) in [5, 5.41) is 0. The van der Waals surface area contributed by atoms with Crippen molar-refractivity contribution in [1.29, 1.82) is 0 Å². The highest BCUT2D eigenvalue weighted by atomic mass is 79.9. The molecule has 20 heavy (non-hydrogen) atoms. The zero-order chi connectivity index (χ0) is 14.9. The van der Waals surface area contributed by atoms with E-state index in [2.05, 4.69) is 71.2 Å². The first-order valence-corrected chi connectivity index (χ1v) is 7.34. The van der Waals surface area contributed by atoms with E-state index in [1.807, 2.05) is 6.07 Å². The minimum atomic E-state index is 0.321. The average molecular weight is 335 g/mol. The Balaban J connectivity index is 2.60. The van der Waals surface area contributed by atoms with Gasteiger partial charge in [0.15, 0.2) is 5.82 Å². The molecule has 0 amide bonds. The highest BCUT2D eigenvalue weighted by molar-refractivity contribution is 9.10. The third-order valence-electron chi connectivity index (χ3n) is 3.18. The van der Waals surface area contributed by atoms with Gasteiger partial charge in [0, 0.05) is 21.8 Å².